The van der Waals surface area contributed by atoms with Gasteiger partial charge in [-0.1, -0.05) is 0 Å². The second kappa shape index (κ2) is 7.28. The molecule has 1 amide bonds. The fourth-order valence-electron chi connectivity index (χ4n) is 0.947. The zero-order valence-corrected chi connectivity index (χ0v) is 8.19. The number of nitrogens with zero attached hydrogens (tertiary/aromatic N) is 1. The van der Waals surface area contributed by atoms with E-state index < -0.39 is 5.97 Å². The molecule has 0 aliphatic carbocycles. The summed E-state index contributed by atoms with van der Waals surface area (Å²) in [6.07, 6.45) is -0.0308. The quantitative estimate of drug-likeness (QED) is 0.469. The third-order valence-electron chi connectivity index (χ3n) is 1.70. The van der Waals surface area contributed by atoms with E-state index >= 15 is 0 Å². The average Bonchev–Trinajstić information content (AvgIpc) is 2.14. The Morgan fingerprint density at radius 3 is 2.43 bits per heavy atom. The molecule has 0 fully saturated rings. The fourth-order valence-corrected chi connectivity index (χ4v) is 0.947. The highest BCUT2D eigenvalue weighted by Gasteiger charge is 2.10. The Bertz CT molecular complexity index is 196. The van der Waals surface area contributed by atoms with E-state index in [1.807, 2.05) is 0 Å². The van der Waals surface area contributed by atoms with Crippen molar-refractivity contribution in [3.05, 3.63) is 0 Å². The molecule has 0 aromatic carbocycles. The number of aliphatic hydroxyl groups is 1. The second-order valence-electron chi connectivity index (χ2n) is 2.82. The average molecular weight is 204 g/mol. The SMILES string of the molecule is CNC(=O)CN(CCO)CCC(=O)O. The maximum Gasteiger partial charge on any atom is 0.304 e. The summed E-state index contributed by atoms with van der Waals surface area (Å²) in [5.74, 6) is -1.10. The zero-order valence-electron chi connectivity index (χ0n) is 8.19. The number of aliphatic carboxylic acids is 1. The maximum atomic E-state index is 11.0. The lowest BCUT2D eigenvalue weighted by atomic mass is 10.3. The van der Waals surface area contributed by atoms with Crippen molar-refractivity contribution in [3.63, 3.8) is 0 Å². The Morgan fingerprint density at radius 1 is 1.36 bits per heavy atom. The molecule has 14 heavy (non-hydrogen) atoms. The molecule has 82 valence electrons. The zero-order chi connectivity index (χ0) is 11.0. The van der Waals surface area contributed by atoms with Crippen molar-refractivity contribution < 1.29 is 19.8 Å². The molecule has 0 aromatic rings. The molecule has 0 radical (unpaired) electrons. The van der Waals surface area contributed by atoms with Crippen LogP contribution in [0.25, 0.3) is 0 Å². The Hall–Kier alpha value is -1.14. The molecule has 6 heteroatoms. The van der Waals surface area contributed by atoms with Crippen LogP contribution in [0.1, 0.15) is 6.42 Å². The van der Waals surface area contributed by atoms with Crippen LogP contribution in [0.3, 0.4) is 0 Å². The summed E-state index contributed by atoms with van der Waals surface area (Å²) in [6, 6.07) is 0. The second-order valence-corrected chi connectivity index (χ2v) is 2.82. The van der Waals surface area contributed by atoms with Crippen LogP contribution in [0.5, 0.6) is 0 Å². The van der Waals surface area contributed by atoms with Gasteiger partial charge in [0.1, 0.15) is 0 Å². The smallest absolute Gasteiger partial charge is 0.304 e. The first-order valence-corrected chi connectivity index (χ1v) is 4.35. The number of rotatable bonds is 7. The summed E-state index contributed by atoms with van der Waals surface area (Å²) in [5.41, 5.74) is 0. The van der Waals surface area contributed by atoms with Crippen molar-refractivity contribution in [2.24, 2.45) is 0 Å². The van der Waals surface area contributed by atoms with Crippen molar-refractivity contribution in [2.45, 2.75) is 6.42 Å². The van der Waals surface area contributed by atoms with Gasteiger partial charge in [0, 0.05) is 20.1 Å². The van der Waals surface area contributed by atoms with E-state index in [2.05, 4.69) is 5.32 Å². The lowest BCUT2D eigenvalue weighted by Crippen LogP contribution is -2.38. The molecule has 0 aliphatic heterocycles. The fraction of sp³-hybridized carbons (Fsp3) is 0.750. The van der Waals surface area contributed by atoms with Crippen LogP contribution in [0.2, 0.25) is 0 Å². The topological polar surface area (TPSA) is 89.9 Å². The number of amides is 1. The Labute approximate surface area is 82.5 Å². The number of nitrogens with one attached hydrogen (secondary N) is 1. The van der Waals surface area contributed by atoms with Crippen molar-refractivity contribution in [1.82, 2.24) is 10.2 Å². The van der Waals surface area contributed by atoms with Crippen LogP contribution in [-0.4, -0.2) is 60.3 Å². The summed E-state index contributed by atoms with van der Waals surface area (Å²) in [5, 5.41) is 19.5. The number of carbonyl (C=O) groups excluding carboxylic acids is 1. The predicted octanol–water partition coefficient (Wildman–Crippen LogP) is -1.50. The molecule has 0 saturated heterocycles. The van der Waals surface area contributed by atoms with Gasteiger partial charge in [0.2, 0.25) is 5.91 Å². The molecule has 0 spiro atoms. The molecule has 0 atom stereocenters. The van der Waals surface area contributed by atoms with Crippen LogP contribution in [-0.2, 0) is 9.59 Å². The molecule has 0 aromatic heterocycles. The van der Waals surface area contributed by atoms with Crippen LogP contribution >= 0.6 is 0 Å². The molecular weight excluding hydrogens is 188 g/mol. The minimum Gasteiger partial charge on any atom is -0.481 e. The van der Waals surface area contributed by atoms with Gasteiger partial charge in [0.15, 0.2) is 0 Å². The molecule has 0 heterocycles. The van der Waals surface area contributed by atoms with E-state index in [9.17, 15) is 9.59 Å². The Kier molecular flexibility index (Phi) is 6.69. The number of carboxylic acids is 1. The van der Waals surface area contributed by atoms with Gasteiger partial charge in [-0.05, 0) is 0 Å². The van der Waals surface area contributed by atoms with E-state index in [0.29, 0.717) is 6.54 Å². The van der Waals surface area contributed by atoms with Gasteiger partial charge in [0.25, 0.3) is 0 Å². The number of aliphatic hydroxyl groups excluding tert-OH is 1. The number of carboxylic acid groups (broad SMARTS) is 1. The highest BCUT2D eigenvalue weighted by molar-refractivity contribution is 5.77. The Balaban J connectivity index is 3.88. The summed E-state index contributed by atoms with van der Waals surface area (Å²) in [6.45, 7) is 0.602. The minimum absolute atomic E-state index is 0.0308. The first-order chi connectivity index (χ1) is 6.60. The highest BCUT2D eigenvalue weighted by Crippen LogP contribution is 1.91. The predicted molar refractivity (Wildman–Crippen MR) is 49.8 cm³/mol. The van der Waals surface area contributed by atoms with E-state index in [1.165, 1.54) is 7.05 Å². The van der Waals surface area contributed by atoms with Crippen molar-refractivity contribution in [2.75, 3.05) is 33.3 Å². The number of carbonyl (C=O) groups is 2. The minimum atomic E-state index is -0.912. The van der Waals surface area contributed by atoms with E-state index in [4.69, 9.17) is 10.2 Å². The van der Waals surface area contributed by atoms with E-state index in [1.54, 1.807) is 4.90 Å². The highest BCUT2D eigenvalue weighted by atomic mass is 16.4. The van der Waals surface area contributed by atoms with E-state index in [-0.39, 0.29) is 32.0 Å². The van der Waals surface area contributed by atoms with Crippen LogP contribution < -0.4 is 5.32 Å². The van der Waals surface area contributed by atoms with Crippen LogP contribution in [0.15, 0.2) is 0 Å². The third kappa shape index (κ3) is 6.38. The number of likely N-dealkylation sites (N-methyl/N-ethyl adjacent to an activating group) is 1. The molecule has 0 aliphatic rings. The van der Waals surface area contributed by atoms with Crippen molar-refractivity contribution in [1.29, 1.82) is 0 Å². The first kappa shape index (κ1) is 12.9. The van der Waals surface area contributed by atoms with Crippen molar-refractivity contribution >= 4 is 11.9 Å². The number of hydrogen-bond donors (Lipinski definition) is 3. The third-order valence-corrected chi connectivity index (χ3v) is 1.70. The first-order valence-electron chi connectivity index (χ1n) is 4.35. The summed E-state index contributed by atoms with van der Waals surface area (Å²) in [4.78, 5) is 22.8. The lowest BCUT2D eigenvalue weighted by Gasteiger charge is -2.18. The van der Waals surface area contributed by atoms with Gasteiger partial charge in [0.05, 0.1) is 19.6 Å². The molecule has 0 unspecified atom stereocenters. The van der Waals surface area contributed by atoms with Crippen LogP contribution in [0, 0.1) is 0 Å². The van der Waals surface area contributed by atoms with Gasteiger partial charge in [-0.25, -0.2) is 0 Å². The van der Waals surface area contributed by atoms with Gasteiger partial charge >= 0.3 is 5.97 Å². The standard InChI is InChI=1S/C8H16N2O4/c1-9-7(12)6-10(4-5-11)3-2-8(13)14/h11H,2-6H2,1H3,(H,9,12)(H,13,14). The van der Waals surface area contributed by atoms with Gasteiger partial charge in [-0.2, -0.15) is 0 Å². The lowest BCUT2D eigenvalue weighted by molar-refractivity contribution is -0.137. The maximum absolute atomic E-state index is 11.0. The van der Waals surface area contributed by atoms with Crippen LogP contribution in [0.4, 0.5) is 0 Å². The molecular formula is C8H16N2O4. The number of hydrogen-bond acceptors (Lipinski definition) is 4. The molecule has 3 N–H and O–H groups in total. The largest absolute Gasteiger partial charge is 0.481 e. The monoisotopic (exact) mass is 204 g/mol. The normalized spacial score (nSPS) is 10.2. The Morgan fingerprint density at radius 2 is 2.00 bits per heavy atom. The van der Waals surface area contributed by atoms with E-state index in [0.717, 1.165) is 0 Å². The molecule has 0 bridgehead atoms. The van der Waals surface area contributed by atoms with Gasteiger partial charge in [-0.15, -0.1) is 0 Å². The van der Waals surface area contributed by atoms with Crippen molar-refractivity contribution in [3.8, 4) is 0 Å². The molecule has 6 nitrogen and oxygen atoms in total. The summed E-state index contributed by atoms with van der Waals surface area (Å²) < 4.78 is 0. The molecule has 0 saturated carbocycles. The summed E-state index contributed by atoms with van der Waals surface area (Å²) >= 11 is 0. The summed E-state index contributed by atoms with van der Waals surface area (Å²) in [7, 11) is 1.51. The van der Waals surface area contributed by atoms with Gasteiger partial charge < -0.3 is 15.5 Å². The molecule has 0 rings (SSSR count). The van der Waals surface area contributed by atoms with Gasteiger partial charge in [-0.3, -0.25) is 14.5 Å².